The standard InChI is InChI=1S/C76H100F4N16O17/c1-73(2,3)112-69(106)48-90-25-20-87(19-21-88(46-67(102)103)22-23-89(24-26-90)47-68(104)105)45-66(101)94-30-28-91(49-70(107)113-74(4,5)6)27-29-92(62(97)9-7-35-110-54-11-13-60-58(37-54)56(15-17-83-60)71(108)85-43-64(99)95-50-75(77,78)39-52(95)41-81)31-32-93(33-34-94)63(98)10-8-36-111-55-12-14-61-59(38-55)57(16-18-84-61)72(109)86-44-65(100)96-51-76(79,80)40-53(96)42-82/h11-18,37-38,52-53H,7-10,19-36,39-40,43-51H2,1-6H3,(H,85,108)(H,86,109)(H,102,103)(H,104,105)/t52-,53-/m0/s1. The van der Waals surface area contributed by atoms with Gasteiger partial charge < -0.3 is 64.3 Å². The molecular weight excluding hydrogens is 1480 g/mol. The van der Waals surface area contributed by atoms with E-state index >= 15 is 4.79 Å². The molecular formula is C76H100F4N16O17. The highest BCUT2D eigenvalue weighted by atomic mass is 19.3. The lowest BCUT2D eigenvalue weighted by molar-refractivity contribution is -0.157. The van der Waals surface area contributed by atoms with E-state index in [1.807, 2.05) is 9.80 Å². The van der Waals surface area contributed by atoms with Crippen molar-refractivity contribution in [2.24, 2.45) is 0 Å². The van der Waals surface area contributed by atoms with Gasteiger partial charge in [0.15, 0.2) is 0 Å². The van der Waals surface area contributed by atoms with Crippen molar-refractivity contribution < 1.29 is 99.5 Å². The molecule has 113 heavy (non-hydrogen) atoms. The van der Waals surface area contributed by atoms with E-state index < -0.39 is 128 Å². The number of carboxylic acids is 2. The summed E-state index contributed by atoms with van der Waals surface area (Å²) in [6.07, 6.45) is 1.23. The van der Waals surface area contributed by atoms with Gasteiger partial charge in [0.05, 0.1) is 106 Å². The number of nitrogens with one attached hydrogen (secondary N) is 2. The van der Waals surface area contributed by atoms with Crippen LogP contribution in [0.25, 0.3) is 21.8 Å². The molecule has 4 N–H and O–H groups in total. The molecule has 33 nitrogen and oxygen atoms in total. The first-order chi connectivity index (χ1) is 53.4. The number of amides is 7. The molecule has 4 aromatic rings. The van der Waals surface area contributed by atoms with Gasteiger partial charge in [0, 0.05) is 154 Å². The maximum Gasteiger partial charge on any atom is 0.320 e. The molecule has 0 radical (unpaired) electrons. The minimum absolute atomic E-state index is 0.000471. The smallest absolute Gasteiger partial charge is 0.320 e. The first-order valence-corrected chi connectivity index (χ1v) is 37.5. The van der Waals surface area contributed by atoms with Crippen LogP contribution in [0.5, 0.6) is 11.5 Å². The molecule has 614 valence electrons. The fourth-order valence-corrected chi connectivity index (χ4v) is 13.4. The molecule has 2 aromatic heterocycles. The fraction of sp³-hybridized carbons (Fsp3) is 0.592. The summed E-state index contributed by atoms with van der Waals surface area (Å²) in [5.74, 6) is -13.6. The number of carbonyl (C=O) groups excluding carboxylic acids is 9. The number of fused-ring (bicyclic) bond motifs is 2. The summed E-state index contributed by atoms with van der Waals surface area (Å²) in [7, 11) is 0. The number of esters is 2. The number of rotatable bonds is 26. The van der Waals surface area contributed by atoms with E-state index in [-0.39, 0.29) is 211 Å². The number of alkyl halides is 4. The number of carboxylic acid groups (broad SMARTS) is 2. The Morgan fingerprint density at radius 3 is 1.14 bits per heavy atom. The number of halogens is 4. The Balaban J connectivity index is 0.999. The average Bonchev–Trinajstić information content (AvgIpc) is 1.25. The zero-order valence-corrected chi connectivity index (χ0v) is 64.6. The number of nitrogens with zero attached hydrogens (tertiary/aromatic N) is 14. The van der Waals surface area contributed by atoms with Gasteiger partial charge in [-0.15, -0.1) is 0 Å². The minimum atomic E-state index is -3.26. The second kappa shape index (κ2) is 40.3. The number of likely N-dealkylation sites (tertiary alicyclic amines) is 2. The number of aromatic nitrogens is 2. The van der Waals surface area contributed by atoms with Gasteiger partial charge in [-0.25, -0.2) is 17.6 Å². The van der Waals surface area contributed by atoms with E-state index in [9.17, 15) is 86.2 Å². The molecule has 0 bridgehead atoms. The zero-order chi connectivity index (χ0) is 82.4. The maximum absolute atomic E-state index is 15.2. The van der Waals surface area contributed by atoms with E-state index in [1.165, 1.54) is 24.5 Å². The van der Waals surface area contributed by atoms with Gasteiger partial charge in [0.1, 0.15) is 34.8 Å². The second-order valence-electron chi connectivity index (χ2n) is 30.3. The zero-order valence-electron chi connectivity index (χ0n) is 64.6. The van der Waals surface area contributed by atoms with Gasteiger partial charge >= 0.3 is 23.9 Å². The highest BCUT2D eigenvalue weighted by Crippen LogP contribution is 2.34. The number of carbonyl (C=O) groups is 11. The van der Waals surface area contributed by atoms with E-state index in [0.29, 0.717) is 21.8 Å². The highest BCUT2D eigenvalue weighted by molar-refractivity contribution is 6.08. The monoisotopic (exact) mass is 1580 g/mol. The van der Waals surface area contributed by atoms with Crippen molar-refractivity contribution in [1.29, 1.82) is 10.5 Å². The molecule has 4 aliphatic heterocycles. The van der Waals surface area contributed by atoms with Crippen molar-refractivity contribution in [1.82, 2.24) is 69.6 Å². The van der Waals surface area contributed by atoms with E-state index in [0.717, 1.165) is 9.80 Å². The van der Waals surface area contributed by atoms with Crippen LogP contribution in [0.1, 0.15) is 101 Å². The molecule has 2 aromatic carbocycles. The molecule has 4 aliphatic rings. The lowest BCUT2D eigenvalue weighted by Crippen LogP contribution is -2.53. The van der Waals surface area contributed by atoms with Crippen LogP contribution in [0.4, 0.5) is 17.6 Å². The molecule has 0 unspecified atom stereocenters. The maximum atomic E-state index is 15.2. The van der Waals surface area contributed by atoms with Crippen LogP contribution in [0.2, 0.25) is 0 Å². The van der Waals surface area contributed by atoms with Gasteiger partial charge in [0.25, 0.3) is 23.7 Å². The van der Waals surface area contributed by atoms with Gasteiger partial charge in [-0.05, 0) is 103 Å². The Bertz CT molecular complexity index is 4170. The van der Waals surface area contributed by atoms with Crippen molar-refractivity contribution >= 4 is 87.0 Å². The van der Waals surface area contributed by atoms with Crippen molar-refractivity contribution in [3.05, 3.63) is 72.1 Å². The topological polar surface area (TPSA) is 395 Å². The number of hydrogen-bond donors (Lipinski definition) is 4. The molecule has 37 heteroatoms. The molecule has 0 saturated carbocycles. The Labute approximate surface area is 651 Å². The first kappa shape index (κ1) is 88.1. The van der Waals surface area contributed by atoms with Crippen LogP contribution in [-0.2, 0) is 52.6 Å². The van der Waals surface area contributed by atoms with E-state index in [2.05, 4.69) is 20.6 Å². The molecule has 8 rings (SSSR count). The summed E-state index contributed by atoms with van der Waals surface area (Å²) in [5, 5.41) is 44.1. The first-order valence-electron chi connectivity index (χ1n) is 37.5. The van der Waals surface area contributed by atoms with Crippen LogP contribution in [0.15, 0.2) is 60.9 Å². The number of benzene rings is 2. The van der Waals surface area contributed by atoms with Gasteiger partial charge in [-0.3, -0.25) is 87.2 Å². The quantitative estimate of drug-likeness (QED) is 0.0399. The van der Waals surface area contributed by atoms with Gasteiger partial charge in [0.2, 0.25) is 29.5 Å². The largest absolute Gasteiger partial charge is 0.494 e. The lowest BCUT2D eigenvalue weighted by Gasteiger charge is -2.36. The molecule has 6 heterocycles. The Hall–Kier alpha value is -10.5. The summed E-state index contributed by atoms with van der Waals surface area (Å²) in [5.41, 5.74) is -0.793. The Morgan fingerprint density at radius 1 is 0.469 bits per heavy atom. The van der Waals surface area contributed by atoms with E-state index in [1.54, 1.807) is 119 Å². The van der Waals surface area contributed by atoms with Gasteiger partial charge in [-0.1, -0.05) is 0 Å². The number of aliphatic carboxylic acids is 2. The molecule has 0 aliphatic carbocycles. The van der Waals surface area contributed by atoms with Gasteiger partial charge in [-0.2, -0.15) is 10.5 Å². The van der Waals surface area contributed by atoms with Crippen molar-refractivity contribution in [2.45, 2.75) is 115 Å². The Morgan fingerprint density at radius 2 is 0.796 bits per heavy atom. The number of ether oxygens (including phenoxy) is 4. The molecule has 0 spiro atoms. The average molecular weight is 1590 g/mol. The van der Waals surface area contributed by atoms with Crippen LogP contribution < -0.4 is 20.1 Å². The van der Waals surface area contributed by atoms with Crippen LogP contribution in [-0.4, -0.2) is 346 Å². The number of hydrogen-bond acceptors (Lipinski definition) is 24. The summed E-state index contributed by atoms with van der Waals surface area (Å²) < 4.78 is 80.3. The molecule has 4 saturated heterocycles. The third kappa shape index (κ3) is 28.0. The van der Waals surface area contributed by atoms with Crippen molar-refractivity contribution in [3.8, 4) is 23.6 Å². The third-order valence-electron chi connectivity index (χ3n) is 19.1. The minimum Gasteiger partial charge on any atom is -0.494 e. The predicted molar refractivity (Wildman–Crippen MR) is 398 cm³/mol. The van der Waals surface area contributed by atoms with Crippen LogP contribution >= 0.6 is 0 Å². The van der Waals surface area contributed by atoms with Crippen molar-refractivity contribution in [3.63, 3.8) is 0 Å². The number of nitriles is 2. The summed E-state index contributed by atoms with van der Waals surface area (Å²) in [6, 6.07) is 13.0. The summed E-state index contributed by atoms with van der Waals surface area (Å²) >= 11 is 0. The molecule has 7 amide bonds. The summed E-state index contributed by atoms with van der Waals surface area (Å²) in [6.45, 7) is 7.15. The third-order valence-corrected chi connectivity index (χ3v) is 19.1. The second-order valence-corrected chi connectivity index (χ2v) is 30.3. The Kier molecular flexibility index (Phi) is 31.4. The number of pyridine rings is 2. The normalized spacial score (nSPS) is 19.0. The van der Waals surface area contributed by atoms with Crippen LogP contribution in [0.3, 0.4) is 0 Å². The van der Waals surface area contributed by atoms with Crippen molar-refractivity contribution in [2.75, 3.05) is 177 Å². The fourth-order valence-electron chi connectivity index (χ4n) is 13.4. The SMILES string of the molecule is CC(C)(C)OC(=O)CN1CCN(CC(=O)O)CCN(CC(=O)O)CCN(CC(=O)N2CCN(CC(=O)OC(C)(C)C)CCN(C(=O)CCCOc3ccc4nccc(C(=O)NCC(=O)N5CC(F)(F)C[C@H]5C#N)c4c3)CCN(C(=O)CCCOc3ccc4nccc(C(=O)NCC(=O)N5CC(F)(F)C[C@H]5C#N)c4c3)CC2)CC1. The summed E-state index contributed by atoms with van der Waals surface area (Å²) in [4.78, 5) is 172. The lowest BCUT2D eigenvalue weighted by atomic mass is 10.1. The highest BCUT2D eigenvalue weighted by Gasteiger charge is 2.48. The molecule has 4 fully saturated rings. The van der Waals surface area contributed by atoms with E-state index in [4.69, 9.17) is 18.9 Å². The molecule has 2 atom stereocenters. The van der Waals surface area contributed by atoms with Crippen LogP contribution in [0, 0.1) is 22.7 Å². The predicted octanol–water partition coefficient (Wildman–Crippen LogP) is 2.66.